The zero-order valence-electron chi connectivity index (χ0n) is 15.2. The summed E-state index contributed by atoms with van der Waals surface area (Å²) in [4.78, 5) is 23.3. The average molecular weight is 326 g/mol. The number of amides is 1. The molecular formula is C17H30N2O4. The van der Waals surface area contributed by atoms with E-state index in [0.717, 1.165) is 6.42 Å². The van der Waals surface area contributed by atoms with Crippen LogP contribution in [0.3, 0.4) is 0 Å². The van der Waals surface area contributed by atoms with E-state index in [9.17, 15) is 9.59 Å². The van der Waals surface area contributed by atoms with Gasteiger partial charge in [-0.25, -0.2) is 4.79 Å². The molecule has 1 amide bonds. The Balaban J connectivity index is 4.13. The largest absolute Gasteiger partial charge is 0.460 e. The molecule has 0 aromatic rings. The molecule has 0 aliphatic heterocycles. The molecule has 0 rings (SSSR count). The lowest BCUT2D eigenvalue weighted by Gasteiger charge is -2.22. The molecule has 0 fully saturated rings. The summed E-state index contributed by atoms with van der Waals surface area (Å²) in [5, 5.41) is 11.5. The lowest BCUT2D eigenvalue weighted by atomic mass is 10.1. The van der Waals surface area contributed by atoms with Crippen LogP contribution in [0.5, 0.6) is 0 Å². The molecule has 23 heavy (non-hydrogen) atoms. The van der Waals surface area contributed by atoms with Crippen LogP contribution < -0.4 is 5.32 Å². The Morgan fingerprint density at radius 3 is 2.09 bits per heavy atom. The fourth-order valence-electron chi connectivity index (χ4n) is 1.86. The number of hydrogen-bond acceptors (Lipinski definition) is 5. The van der Waals surface area contributed by atoms with Crippen LogP contribution in [0.2, 0.25) is 0 Å². The van der Waals surface area contributed by atoms with Gasteiger partial charge in [-0.1, -0.05) is 6.42 Å². The van der Waals surface area contributed by atoms with E-state index in [1.165, 1.54) is 0 Å². The maximum atomic E-state index is 11.7. The number of unbranched alkanes of at least 4 members (excludes halogenated alkanes) is 1. The molecule has 0 heterocycles. The summed E-state index contributed by atoms with van der Waals surface area (Å²) in [5.41, 5.74) is -1.04. The van der Waals surface area contributed by atoms with Crippen molar-refractivity contribution in [1.82, 2.24) is 5.32 Å². The summed E-state index contributed by atoms with van der Waals surface area (Å²) in [7, 11) is 0. The van der Waals surface area contributed by atoms with Crippen molar-refractivity contribution in [3.63, 3.8) is 0 Å². The normalized spacial score (nSPS) is 12.9. The van der Waals surface area contributed by atoms with E-state index in [1.807, 2.05) is 20.8 Å². The van der Waals surface area contributed by atoms with Crippen LogP contribution in [0, 0.1) is 11.3 Å². The fourth-order valence-corrected chi connectivity index (χ4v) is 1.86. The van der Waals surface area contributed by atoms with Gasteiger partial charge in [0.1, 0.15) is 11.2 Å². The quantitative estimate of drug-likeness (QED) is 0.569. The molecule has 0 bridgehead atoms. The smallest absolute Gasteiger partial charge is 0.407 e. The van der Waals surface area contributed by atoms with Gasteiger partial charge >= 0.3 is 12.1 Å². The van der Waals surface area contributed by atoms with E-state index in [0.29, 0.717) is 19.3 Å². The molecule has 0 aliphatic carbocycles. The van der Waals surface area contributed by atoms with Crippen LogP contribution in [-0.4, -0.2) is 29.3 Å². The monoisotopic (exact) mass is 326 g/mol. The molecule has 0 spiro atoms. The third-order valence-electron chi connectivity index (χ3n) is 2.66. The second kappa shape index (κ2) is 9.39. The highest BCUT2D eigenvalue weighted by Crippen LogP contribution is 2.13. The molecule has 0 aromatic heterocycles. The number of carbonyl (C=O) groups excluding carboxylic acids is 2. The van der Waals surface area contributed by atoms with Gasteiger partial charge in [0.2, 0.25) is 0 Å². The number of nitrogens with one attached hydrogen (secondary N) is 1. The molecule has 0 aromatic carbocycles. The average Bonchev–Trinajstić information content (AvgIpc) is 2.30. The number of esters is 1. The number of nitrogens with zero attached hydrogens (tertiary/aromatic N) is 1. The summed E-state index contributed by atoms with van der Waals surface area (Å²) in [5.74, 6) is -0.227. The van der Waals surface area contributed by atoms with Crippen molar-refractivity contribution in [1.29, 1.82) is 5.26 Å². The Morgan fingerprint density at radius 1 is 1.04 bits per heavy atom. The van der Waals surface area contributed by atoms with Crippen molar-refractivity contribution in [2.24, 2.45) is 0 Å². The molecular weight excluding hydrogens is 296 g/mol. The third-order valence-corrected chi connectivity index (χ3v) is 2.66. The zero-order valence-corrected chi connectivity index (χ0v) is 15.2. The first-order valence-corrected chi connectivity index (χ1v) is 8.01. The highest BCUT2D eigenvalue weighted by molar-refractivity contribution is 5.69. The van der Waals surface area contributed by atoms with Gasteiger partial charge in [-0.2, -0.15) is 5.26 Å². The Morgan fingerprint density at radius 2 is 1.61 bits per heavy atom. The summed E-state index contributed by atoms with van der Waals surface area (Å²) in [6.07, 6.45) is 2.03. The van der Waals surface area contributed by atoms with Crippen LogP contribution in [-0.2, 0) is 14.3 Å². The first-order chi connectivity index (χ1) is 10.4. The Bertz CT molecular complexity index is 427. The minimum atomic E-state index is -0.571. The molecule has 0 saturated heterocycles. The number of hydrogen-bond donors (Lipinski definition) is 1. The van der Waals surface area contributed by atoms with Gasteiger partial charge in [0, 0.05) is 12.5 Å². The topological polar surface area (TPSA) is 88.4 Å². The van der Waals surface area contributed by atoms with Crippen LogP contribution in [0.1, 0.15) is 73.6 Å². The van der Waals surface area contributed by atoms with Gasteiger partial charge in [-0.3, -0.25) is 4.79 Å². The molecule has 6 nitrogen and oxygen atoms in total. The fraction of sp³-hybridized carbons (Fsp3) is 0.824. The Labute approximate surface area is 139 Å². The molecule has 0 radical (unpaired) electrons. The number of rotatable bonds is 7. The van der Waals surface area contributed by atoms with Crippen molar-refractivity contribution in [3.8, 4) is 6.07 Å². The summed E-state index contributed by atoms with van der Waals surface area (Å²) in [6.45, 7) is 10.8. The van der Waals surface area contributed by atoms with Crippen molar-refractivity contribution in [2.45, 2.75) is 90.9 Å². The van der Waals surface area contributed by atoms with Gasteiger partial charge in [0.05, 0.1) is 12.5 Å². The highest BCUT2D eigenvalue weighted by Gasteiger charge is 2.20. The predicted octanol–water partition coefficient (Wildman–Crippen LogP) is 3.70. The van der Waals surface area contributed by atoms with Crippen molar-refractivity contribution in [2.75, 3.05) is 0 Å². The maximum Gasteiger partial charge on any atom is 0.407 e. The lowest BCUT2D eigenvalue weighted by molar-refractivity contribution is -0.154. The number of alkyl carbamates (subject to hydrolysis) is 1. The molecule has 132 valence electrons. The third kappa shape index (κ3) is 13.6. The van der Waals surface area contributed by atoms with Gasteiger partial charge in [-0.05, 0) is 54.4 Å². The SMILES string of the molecule is CC(C)(C)OC(=O)CCCC[C@@H](CC#N)NC(=O)OC(C)(C)C. The number of nitriles is 1. The Kier molecular flexibility index (Phi) is 8.66. The Hall–Kier alpha value is -1.77. The second-order valence-electron chi connectivity index (χ2n) is 7.54. The van der Waals surface area contributed by atoms with Gasteiger partial charge in [0.15, 0.2) is 0 Å². The van der Waals surface area contributed by atoms with Gasteiger partial charge in [-0.15, -0.1) is 0 Å². The number of ether oxygens (including phenoxy) is 2. The molecule has 0 aliphatic rings. The second-order valence-corrected chi connectivity index (χ2v) is 7.54. The lowest BCUT2D eigenvalue weighted by Crippen LogP contribution is -2.39. The van der Waals surface area contributed by atoms with E-state index in [-0.39, 0.29) is 18.4 Å². The summed E-state index contributed by atoms with van der Waals surface area (Å²) < 4.78 is 10.4. The van der Waals surface area contributed by atoms with E-state index >= 15 is 0 Å². The van der Waals surface area contributed by atoms with Crippen molar-refractivity contribution < 1.29 is 19.1 Å². The summed E-state index contributed by atoms with van der Waals surface area (Å²) >= 11 is 0. The first kappa shape index (κ1) is 21.2. The van der Waals surface area contributed by atoms with Crippen LogP contribution >= 0.6 is 0 Å². The predicted molar refractivity (Wildman–Crippen MR) is 87.7 cm³/mol. The van der Waals surface area contributed by atoms with E-state index in [4.69, 9.17) is 14.7 Å². The van der Waals surface area contributed by atoms with E-state index in [2.05, 4.69) is 11.4 Å². The molecule has 0 saturated carbocycles. The van der Waals surface area contributed by atoms with E-state index < -0.39 is 17.3 Å². The molecule has 0 unspecified atom stereocenters. The van der Waals surface area contributed by atoms with Crippen molar-refractivity contribution >= 4 is 12.1 Å². The molecule has 6 heteroatoms. The maximum absolute atomic E-state index is 11.7. The molecule has 1 atom stereocenters. The standard InChI is InChI=1S/C17H30N2O4/c1-16(2,3)22-14(20)10-8-7-9-13(11-12-18)19-15(21)23-17(4,5)6/h13H,7-11H2,1-6H3,(H,19,21)/t13-/m0/s1. The highest BCUT2D eigenvalue weighted by atomic mass is 16.6. The first-order valence-electron chi connectivity index (χ1n) is 8.01. The zero-order chi connectivity index (χ0) is 18.1. The minimum Gasteiger partial charge on any atom is -0.460 e. The van der Waals surface area contributed by atoms with Crippen LogP contribution in [0.4, 0.5) is 4.79 Å². The molecule has 1 N–H and O–H groups in total. The van der Waals surface area contributed by atoms with Crippen molar-refractivity contribution in [3.05, 3.63) is 0 Å². The van der Waals surface area contributed by atoms with Gasteiger partial charge in [0.25, 0.3) is 0 Å². The van der Waals surface area contributed by atoms with Crippen LogP contribution in [0.25, 0.3) is 0 Å². The number of carbonyl (C=O) groups is 2. The minimum absolute atomic E-state index is 0.214. The van der Waals surface area contributed by atoms with E-state index in [1.54, 1.807) is 20.8 Å². The van der Waals surface area contributed by atoms with Gasteiger partial charge < -0.3 is 14.8 Å². The summed E-state index contributed by atoms with van der Waals surface area (Å²) in [6, 6.07) is 1.78. The van der Waals surface area contributed by atoms with Crippen LogP contribution in [0.15, 0.2) is 0 Å².